The highest BCUT2D eigenvalue weighted by atomic mass is 32.1. The van der Waals surface area contributed by atoms with E-state index >= 15 is 0 Å². The van der Waals surface area contributed by atoms with E-state index < -0.39 is 7.92 Å². The van der Waals surface area contributed by atoms with E-state index in [4.69, 9.17) is 34.3 Å². The largest absolute Gasteiger partial charge is 0.436 e. The molecule has 0 aliphatic rings. The number of pyridine rings is 3. The monoisotopic (exact) mass is 1760 g/mol. The smallest absolute Gasteiger partial charge is 0.227 e. The van der Waals surface area contributed by atoms with Crippen LogP contribution < -0.4 is 15.9 Å². The summed E-state index contributed by atoms with van der Waals surface area (Å²) in [6.07, 6.45) is 0. The average Bonchev–Trinajstić information content (AvgIpc) is 1.58. The second-order valence-corrected chi connectivity index (χ2v) is 37.4. The highest BCUT2D eigenvalue weighted by Crippen LogP contribution is 2.55. The third kappa shape index (κ3) is 15.7. The third-order valence-electron chi connectivity index (χ3n) is 24.1. The molecule has 17 aromatic carbocycles. The van der Waals surface area contributed by atoms with Gasteiger partial charge in [-0.25, -0.2) is 29.9 Å². The van der Waals surface area contributed by atoms with Crippen LogP contribution in [-0.2, 0) is 0 Å². The van der Waals surface area contributed by atoms with Gasteiger partial charge in [-0.05, 0) is 106 Å². The van der Waals surface area contributed by atoms with Gasteiger partial charge < -0.3 is 9.89 Å². The summed E-state index contributed by atoms with van der Waals surface area (Å²) in [4.78, 5) is 34.1. The molecule has 132 heavy (non-hydrogen) atoms. The van der Waals surface area contributed by atoms with Crippen LogP contribution in [0.1, 0.15) is 0 Å². The molecule has 0 unspecified atom stereocenters. The Hall–Kier alpha value is -16.0. The molecule has 0 atom stereocenters. The summed E-state index contributed by atoms with van der Waals surface area (Å²) >= 11 is 5.50. The standard InChI is InChI=1S/C43H27N3S.C41H28NPS.C36H22N2OS.H2O/c1-4-14-29(15-5-1)40-42-38(33-20-10-12-22-35(33)44-40)37(41(47-42)31-16-6-2-7-17-31)28-24-26-30(27-25-28)39-34-21-11-13-23-36(34)45-43(46-39)32-18-8-3-9-19-32;1-5-15-30(16-6-1)39-41-38(35-23-13-14-24-36(35)42-39)37(40(44-41)31-17-7-2-8-18-31)29-25-27-34(28-26-29)43(32-19-9-3-10-20-32)33-21-11-4-12-22-33;1-3-11-24(12-4-1)33-35-32(27-15-7-8-16-28(27)37-33)31(34(40-35)25-13-5-2-6-14-25)23-19-21-26(22-20-23)36-38-29-17-9-10-18-30(29)39-36;/h1-27H;1-28H;1-22H;1H2. The van der Waals surface area contributed by atoms with E-state index in [0.717, 1.165) is 122 Å². The van der Waals surface area contributed by atoms with Crippen LogP contribution in [0.4, 0.5) is 0 Å². The first kappa shape index (κ1) is 81.8. The SMILES string of the molecule is O.c1ccc(-c2nc(-c3ccc(-c4c(-c5ccccc5)sc5c(-c6ccccc6)nc6ccccc6c45)cc3)c3ccccc3n2)cc1.c1ccc(-c2sc3c(-c4ccccc4)nc4ccccc4c3c2-c2ccc(-c3nc4ccccc4o3)cc2)cc1.c1ccc(-c2sc3c(-c4ccccc4)nc4ccccc4c3c2-c2ccc(P(c3ccccc3)c3ccccc3)cc2)cc1. The molecule has 0 saturated carbocycles. The molecule has 0 spiro atoms. The number of thiophene rings is 3. The maximum Gasteiger partial charge on any atom is 0.227 e. The second-order valence-electron chi connectivity index (χ2n) is 32.1. The van der Waals surface area contributed by atoms with E-state index in [2.05, 4.69) is 419 Å². The number of hydrogen-bond acceptors (Lipinski definition) is 10. The number of para-hydroxylation sites is 6. The van der Waals surface area contributed by atoms with E-state index in [1.807, 2.05) is 82.5 Å². The van der Waals surface area contributed by atoms with Crippen LogP contribution >= 0.6 is 41.9 Å². The number of oxazole rings is 1. The summed E-state index contributed by atoms with van der Waals surface area (Å²) in [7, 11) is -0.673. The fraction of sp³-hybridized carbons (Fsp3) is 0. The highest BCUT2D eigenvalue weighted by Gasteiger charge is 2.28. The molecule has 2 N–H and O–H groups in total. The van der Waals surface area contributed by atoms with Gasteiger partial charge >= 0.3 is 0 Å². The van der Waals surface area contributed by atoms with Crippen molar-refractivity contribution >= 4 is 143 Å². The number of rotatable bonds is 15. The number of aromatic nitrogens is 6. The Morgan fingerprint density at radius 2 is 0.455 bits per heavy atom. The van der Waals surface area contributed by atoms with Gasteiger partial charge in [0.25, 0.3) is 0 Å². The maximum absolute atomic E-state index is 6.05. The fourth-order valence-corrected chi connectivity index (χ4v) is 24.3. The molecular formula is C120H79N6O2PS3. The predicted molar refractivity (Wildman–Crippen MR) is 560 cm³/mol. The van der Waals surface area contributed by atoms with Gasteiger partial charge in [-0.2, -0.15) is 0 Å². The summed E-state index contributed by atoms with van der Waals surface area (Å²) in [5.74, 6) is 1.36. The van der Waals surface area contributed by atoms with Crippen LogP contribution in [0, 0.1) is 0 Å². The zero-order valence-corrected chi connectivity index (χ0v) is 74.6. The number of nitrogens with zero attached hydrogens (tertiary/aromatic N) is 6. The van der Waals surface area contributed by atoms with E-state index in [-0.39, 0.29) is 5.48 Å². The molecule has 0 saturated heterocycles. The Morgan fingerprint density at radius 1 is 0.189 bits per heavy atom. The Morgan fingerprint density at radius 3 is 0.818 bits per heavy atom. The van der Waals surface area contributed by atoms with Crippen LogP contribution in [0.5, 0.6) is 0 Å². The minimum absolute atomic E-state index is 0. The summed E-state index contributed by atoms with van der Waals surface area (Å²) in [5, 5.41) is 12.4. The molecule has 8 heterocycles. The molecule has 25 rings (SSSR count). The van der Waals surface area contributed by atoms with Crippen LogP contribution in [0.15, 0.2) is 472 Å². The summed E-state index contributed by atoms with van der Waals surface area (Å²) in [6.45, 7) is 0. The van der Waals surface area contributed by atoms with Gasteiger partial charge in [0.1, 0.15) is 5.52 Å². The second kappa shape index (κ2) is 36.3. The molecule has 624 valence electrons. The Balaban J connectivity index is 0.000000116. The first-order valence-electron chi connectivity index (χ1n) is 43.8. The number of fused-ring (bicyclic) bond motifs is 11. The van der Waals surface area contributed by atoms with Gasteiger partial charge in [-0.1, -0.05) is 419 Å². The molecule has 0 amide bonds. The van der Waals surface area contributed by atoms with E-state index in [1.165, 1.54) is 105 Å². The summed E-state index contributed by atoms with van der Waals surface area (Å²) in [5.41, 5.74) is 26.9. The quantitative estimate of drug-likeness (QED) is 0.0937. The van der Waals surface area contributed by atoms with Crippen molar-refractivity contribution < 1.29 is 9.89 Å². The van der Waals surface area contributed by atoms with Crippen molar-refractivity contribution in [3.05, 3.63) is 467 Å². The zero-order valence-electron chi connectivity index (χ0n) is 71.2. The molecule has 0 bridgehead atoms. The van der Waals surface area contributed by atoms with Crippen LogP contribution in [0.25, 0.3) is 218 Å². The molecule has 12 heteroatoms. The fourth-order valence-electron chi connectivity index (χ4n) is 18.0. The summed E-state index contributed by atoms with van der Waals surface area (Å²) in [6, 6.07) is 164. The molecule has 0 aliphatic carbocycles. The molecule has 8 aromatic heterocycles. The van der Waals surface area contributed by atoms with Crippen molar-refractivity contribution in [1.29, 1.82) is 0 Å². The average molecular weight is 1760 g/mol. The van der Waals surface area contributed by atoms with Gasteiger partial charge in [0, 0.05) is 102 Å². The van der Waals surface area contributed by atoms with E-state index in [1.54, 1.807) is 0 Å². The van der Waals surface area contributed by atoms with Crippen molar-refractivity contribution in [3.8, 4) is 133 Å². The van der Waals surface area contributed by atoms with Crippen molar-refractivity contribution in [2.45, 2.75) is 0 Å². The Labute approximate surface area is 776 Å². The van der Waals surface area contributed by atoms with Gasteiger partial charge in [0.15, 0.2) is 11.4 Å². The molecule has 8 nitrogen and oxygen atoms in total. The lowest BCUT2D eigenvalue weighted by Crippen LogP contribution is -2.20. The molecule has 0 radical (unpaired) electrons. The van der Waals surface area contributed by atoms with E-state index in [0.29, 0.717) is 5.89 Å². The normalized spacial score (nSPS) is 11.3. The minimum Gasteiger partial charge on any atom is -0.436 e. The van der Waals surface area contributed by atoms with Crippen LogP contribution in [0.3, 0.4) is 0 Å². The maximum atomic E-state index is 6.05. The molecule has 0 aliphatic heterocycles. The van der Waals surface area contributed by atoms with Gasteiger partial charge in [0.2, 0.25) is 5.89 Å². The van der Waals surface area contributed by atoms with Crippen LogP contribution in [-0.4, -0.2) is 35.4 Å². The Bertz CT molecular complexity index is 8400. The first-order valence-corrected chi connectivity index (χ1v) is 47.6. The van der Waals surface area contributed by atoms with Crippen LogP contribution in [0.2, 0.25) is 0 Å². The molecule has 0 fully saturated rings. The topological polar surface area (TPSA) is 122 Å². The molecular weight excluding hydrogens is 1680 g/mol. The van der Waals surface area contributed by atoms with Crippen molar-refractivity contribution in [2.75, 3.05) is 0 Å². The van der Waals surface area contributed by atoms with Crippen molar-refractivity contribution in [1.82, 2.24) is 29.9 Å². The lowest BCUT2D eigenvalue weighted by molar-refractivity contribution is 0.620. The van der Waals surface area contributed by atoms with Gasteiger partial charge in [-0.15, -0.1) is 34.0 Å². The number of benzene rings is 17. The lowest BCUT2D eigenvalue weighted by Gasteiger charge is -2.19. The lowest BCUT2D eigenvalue weighted by atomic mass is 9.94. The zero-order chi connectivity index (χ0) is 86.9. The van der Waals surface area contributed by atoms with Gasteiger partial charge in [0.05, 0.1) is 58.9 Å². The van der Waals surface area contributed by atoms with Crippen molar-refractivity contribution in [3.63, 3.8) is 0 Å². The minimum atomic E-state index is -0.673. The Kier molecular flexibility index (Phi) is 22.5. The third-order valence-corrected chi connectivity index (χ3v) is 30.3. The highest BCUT2D eigenvalue weighted by molar-refractivity contribution is 7.79. The first-order chi connectivity index (χ1) is 65.0. The van der Waals surface area contributed by atoms with Gasteiger partial charge in [-0.3, -0.25) is 0 Å². The molecule has 25 aromatic rings. The summed E-state index contributed by atoms with van der Waals surface area (Å²) < 4.78 is 9.67. The van der Waals surface area contributed by atoms with E-state index in [9.17, 15) is 0 Å². The number of hydrogen-bond donors (Lipinski definition) is 0. The predicted octanol–water partition coefficient (Wildman–Crippen LogP) is 31.4. The van der Waals surface area contributed by atoms with Crippen molar-refractivity contribution in [2.24, 2.45) is 0 Å².